The maximum atomic E-state index is 13.0. The van der Waals surface area contributed by atoms with Gasteiger partial charge in [-0.1, -0.05) is 25.1 Å². The van der Waals surface area contributed by atoms with Crippen molar-refractivity contribution in [2.45, 2.75) is 44.3 Å². The number of hydrogen-bond donors (Lipinski definition) is 0. The summed E-state index contributed by atoms with van der Waals surface area (Å²) < 4.78 is 41.2. The van der Waals surface area contributed by atoms with Crippen LogP contribution in [-0.4, -0.2) is 48.8 Å². The van der Waals surface area contributed by atoms with E-state index >= 15 is 0 Å². The minimum atomic E-state index is -4.59. The summed E-state index contributed by atoms with van der Waals surface area (Å²) in [6.45, 7) is 1.20. The number of carbonyl (C=O) groups is 2. The van der Waals surface area contributed by atoms with Gasteiger partial charge in [0.1, 0.15) is 6.04 Å². The lowest BCUT2D eigenvalue weighted by atomic mass is 9.91. The Labute approximate surface area is 149 Å². The van der Waals surface area contributed by atoms with Gasteiger partial charge in [0.2, 0.25) is 5.91 Å². The van der Waals surface area contributed by atoms with Crippen molar-refractivity contribution in [1.82, 2.24) is 4.90 Å². The van der Waals surface area contributed by atoms with Crippen molar-refractivity contribution in [1.29, 1.82) is 0 Å². The molecule has 1 saturated heterocycles. The summed E-state index contributed by atoms with van der Waals surface area (Å²) in [6.07, 6.45) is -3.89. The Kier molecular flexibility index (Phi) is 5.11. The van der Waals surface area contributed by atoms with E-state index in [0.717, 1.165) is 22.6 Å². The number of anilines is 1. The van der Waals surface area contributed by atoms with Gasteiger partial charge in [-0.25, -0.2) is 4.79 Å². The molecule has 3 rings (SSSR count). The molecule has 1 aromatic rings. The summed E-state index contributed by atoms with van der Waals surface area (Å²) in [4.78, 5) is 27.8. The third kappa shape index (κ3) is 3.78. The van der Waals surface area contributed by atoms with Gasteiger partial charge in [-0.2, -0.15) is 13.2 Å². The fourth-order valence-electron chi connectivity index (χ4n) is 3.63. The summed E-state index contributed by atoms with van der Waals surface area (Å²) in [5, 5.41) is 0. The van der Waals surface area contributed by atoms with E-state index in [1.54, 1.807) is 4.90 Å². The van der Waals surface area contributed by atoms with Crippen molar-refractivity contribution in [3.05, 3.63) is 29.8 Å². The molecule has 1 fully saturated rings. The average molecular weight is 370 g/mol. The molecule has 26 heavy (non-hydrogen) atoms. The van der Waals surface area contributed by atoms with Crippen LogP contribution in [0, 0.1) is 0 Å². The zero-order chi connectivity index (χ0) is 18.9. The van der Waals surface area contributed by atoms with E-state index in [1.807, 2.05) is 24.3 Å². The predicted molar refractivity (Wildman–Crippen MR) is 89.0 cm³/mol. The molecule has 0 N–H and O–H groups in total. The highest BCUT2D eigenvalue weighted by atomic mass is 19.4. The first-order valence-corrected chi connectivity index (χ1v) is 8.68. The quantitative estimate of drug-likeness (QED) is 0.798. The van der Waals surface area contributed by atoms with Gasteiger partial charge in [0, 0.05) is 18.8 Å². The third-order valence-electron chi connectivity index (χ3n) is 4.94. The monoisotopic (exact) mass is 370 g/mol. The van der Waals surface area contributed by atoms with Crippen LogP contribution in [0.4, 0.5) is 23.7 Å². The molecule has 8 heteroatoms. The van der Waals surface area contributed by atoms with Crippen molar-refractivity contribution in [3.63, 3.8) is 0 Å². The van der Waals surface area contributed by atoms with Crippen LogP contribution < -0.4 is 4.90 Å². The number of likely N-dealkylation sites (tertiary alicyclic amines) is 1. The Morgan fingerprint density at radius 1 is 1.19 bits per heavy atom. The van der Waals surface area contributed by atoms with Gasteiger partial charge in [-0.3, -0.25) is 9.69 Å². The van der Waals surface area contributed by atoms with Gasteiger partial charge in [0.15, 0.2) is 6.61 Å². The summed E-state index contributed by atoms with van der Waals surface area (Å²) >= 11 is 0. The Hall–Kier alpha value is -2.25. The number of rotatable bonds is 2. The molecule has 0 aromatic heterocycles. The van der Waals surface area contributed by atoms with Crippen LogP contribution in [0.25, 0.3) is 0 Å². The van der Waals surface area contributed by atoms with Crippen molar-refractivity contribution in [2.75, 3.05) is 24.6 Å². The van der Waals surface area contributed by atoms with Crippen molar-refractivity contribution in [2.24, 2.45) is 0 Å². The number of fused-ring (bicyclic) bond motifs is 1. The number of amides is 2. The lowest BCUT2D eigenvalue weighted by Crippen LogP contribution is -2.50. The summed E-state index contributed by atoms with van der Waals surface area (Å²) in [5.41, 5.74) is 1.88. The second-order valence-electron chi connectivity index (χ2n) is 6.76. The minimum Gasteiger partial charge on any atom is -0.440 e. The fourth-order valence-corrected chi connectivity index (χ4v) is 3.63. The van der Waals surface area contributed by atoms with Crippen LogP contribution in [0.2, 0.25) is 0 Å². The van der Waals surface area contributed by atoms with Gasteiger partial charge >= 0.3 is 12.3 Å². The van der Waals surface area contributed by atoms with Crippen LogP contribution >= 0.6 is 0 Å². The molecule has 0 saturated carbocycles. The Morgan fingerprint density at radius 3 is 2.65 bits per heavy atom. The molecule has 2 heterocycles. The first-order valence-electron chi connectivity index (χ1n) is 8.68. The molecular weight excluding hydrogens is 349 g/mol. The molecule has 2 atom stereocenters. The lowest BCUT2D eigenvalue weighted by Gasteiger charge is -2.36. The van der Waals surface area contributed by atoms with E-state index < -0.39 is 24.9 Å². The molecule has 1 aromatic carbocycles. The van der Waals surface area contributed by atoms with Crippen molar-refractivity contribution >= 4 is 17.7 Å². The van der Waals surface area contributed by atoms with Crippen LogP contribution in [0.1, 0.15) is 37.7 Å². The third-order valence-corrected chi connectivity index (χ3v) is 4.94. The number of hydrogen-bond acceptors (Lipinski definition) is 3. The summed E-state index contributed by atoms with van der Waals surface area (Å²) in [6, 6.07) is 6.83. The smallest absolute Gasteiger partial charge is 0.422 e. The van der Waals surface area contributed by atoms with E-state index in [9.17, 15) is 22.8 Å². The first-order chi connectivity index (χ1) is 12.3. The van der Waals surface area contributed by atoms with E-state index in [0.29, 0.717) is 25.3 Å². The number of carbonyl (C=O) groups excluding carboxylic acids is 2. The maximum absolute atomic E-state index is 13.0. The zero-order valence-corrected chi connectivity index (χ0v) is 14.5. The highest BCUT2D eigenvalue weighted by molar-refractivity contribution is 6.00. The first kappa shape index (κ1) is 18.5. The molecule has 0 radical (unpaired) electrons. The maximum Gasteiger partial charge on any atom is 0.422 e. The zero-order valence-electron chi connectivity index (χ0n) is 14.5. The molecule has 0 bridgehead atoms. The number of halogens is 3. The molecule has 2 aliphatic rings. The van der Waals surface area contributed by atoms with Gasteiger partial charge in [0.25, 0.3) is 0 Å². The predicted octanol–water partition coefficient (Wildman–Crippen LogP) is 3.69. The molecule has 5 nitrogen and oxygen atoms in total. The second kappa shape index (κ2) is 7.17. The largest absolute Gasteiger partial charge is 0.440 e. The lowest BCUT2D eigenvalue weighted by molar-refractivity contribution is -0.162. The normalized spacial score (nSPS) is 22.9. The van der Waals surface area contributed by atoms with E-state index in [2.05, 4.69) is 11.7 Å². The van der Waals surface area contributed by atoms with Gasteiger partial charge in [-0.05, 0) is 36.8 Å². The van der Waals surface area contributed by atoms with E-state index in [1.165, 1.54) is 0 Å². The molecule has 2 aliphatic heterocycles. The number of alkyl halides is 3. The standard InChI is InChI=1S/C18H21F3N2O3/c1-12-8-10-22(14-6-3-2-5-13(12)14)16(24)15-7-4-9-23(15)17(25)26-11-18(19,20)21/h2-3,5-6,12,15H,4,7-11H2,1H3/t12-,15+/m0/s1. The molecular formula is C18H21F3N2O3. The van der Waals surface area contributed by atoms with Crippen LogP contribution in [0.3, 0.4) is 0 Å². The molecule has 0 unspecified atom stereocenters. The van der Waals surface area contributed by atoms with Crippen LogP contribution in [0.15, 0.2) is 24.3 Å². The van der Waals surface area contributed by atoms with E-state index in [-0.39, 0.29) is 12.5 Å². The number of para-hydroxylation sites is 1. The number of ether oxygens (including phenoxy) is 1. The highest BCUT2D eigenvalue weighted by Crippen LogP contribution is 2.36. The average Bonchev–Trinajstić information content (AvgIpc) is 3.09. The van der Waals surface area contributed by atoms with E-state index in [4.69, 9.17) is 0 Å². The summed E-state index contributed by atoms with van der Waals surface area (Å²) in [7, 11) is 0. The Balaban J connectivity index is 1.75. The van der Waals surface area contributed by atoms with Crippen molar-refractivity contribution in [3.8, 4) is 0 Å². The topological polar surface area (TPSA) is 49.9 Å². The molecule has 0 spiro atoms. The van der Waals surface area contributed by atoms with Crippen LogP contribution in [-0.2, 0) is 9.53 Å². The fraction of sp³-hybridized carbons (Fsp3) is 0.556. The Morgan fingerprint density at radius 2 is 1.92 bits per heavy atom. The SMILES string of the molecule is C[C@H]1CCN(C(=O)[C@H]2CCCN2C(=O)OCC(F)(F)F)c2ccccc21. The molecule has 142 valence electrons. The molecule has 0 aliphatic carbocycles. The highest BCUT2D eigenvalue weighted by Gasteiger charge is 2.40. The second-order valence-corrected chi connectivity index (χ2v) is 6.76. The minimum absolute atomic E-state index is 0.221. The summed E-state index contributed by atoms with van der Waals surface area (Å²) in [5.74, 6) is 0.0671. The van der Waals surface area contributed by atoms with Crippen molar-refractivity contribution < 1.29 is 27.5 Å². The van der Waals surface area contributed by atoms with Gasteiger partial charge in [-0.15, -0.1) is 0 Å². The van der Waals surface area contributed by atoms with Crippen LogP contribution in [0.5, 0.6) is 0 Å². The Bertz CT molecular complexity index is 693. The molecule has 2 amide bonds. The number of nitrogens with zero attached hydrogens (tertiary/aromatic N) is 2. The number of benzene rings is 1. The van der Waals surface area contributed by atoms with Gasteiger partial charge < -0.3 is 9.64 Å². The van der Waals surface area contributed by atoms with Gasteiger partial charge in [0.05, 0.1) is 0 Å².